The Labute approximate surface area is 115 Å². The Morgan fingerprint density at radius 2 is 2.26 bits per heavy atom. The highest BCUT2D eigenvalue weighted by molar-refractivity contribution is 7.98. The van der Waals surface area contributed by atoms with Crippen molar-refractivity contribution in [1.82, 2.24) is 15.5 Å². The predicted molar refractivity (Wildman–Crippen MR) is 73.1 cm³/mol. The van der Waals surface area contributed by atoms with E-state index in [1.54, 1.807) is 11.8 Å². The van der Waals surface area contributed by atoms with E-state index in [2.05, 4.69) is 15.5 Å². The number of aromatic nitrogens is 2. The van der Waals surface area contributed by atoms with Gasteiger partial charge in [-0.05, 0) is 18.4 Å². The van der Waals surface area contributed by atoms with Crippen LogP contribution in [0.4, 0.5) is 0 Å². The monoisotopic (exact) mass is 277 g/mol. The van der Waals surface area contributed by atoms with E-state index in [0.29, 0.717) is 18.3 Å². The van der Waals surface area contributed by atoms with Crippen LogP contribution in [0.5, 0.6) is 0 Å². The van der Waals surface area contributed by atoms with Crippen LogP contribution in [-0.2, 0) is 4.74 Å². The van der Waals surface area contributed by atoms with E-state index >= 15 is 0 Å². The molecule has 1 aliphatic heterocycles. The Kier molecular flexibility index (Phi) is 3.82. The maximum Gasteiger partial charge on any atom is 0.259 e. The molecular formula is C13H15N3O2S. The predicted octanol–water partition coefficient (Wildman–Crippen LogP) is 2.12. The third-order valence-corrected chi connectivity index (χ3v) is 3.81. The highest BCUT2D eigenvalue weighted by Crippen LogP contribution is 2.29. The number of nitrogens with one attached hydrogen (secondary N) is 1. The number of rotatable bonds is 3. The molecule has 0 radical (unpaired) electrons. The van der Waals surface area contributed by atoms with E-state index in [1.807, 2.05) is 30.5 Å². The van der Waals surface area contributed by atoms with Crippen LogP contribution in [0.2, 0.25) is 0 Å². The molecule has 1 unspecified atom stereocenters. The van der Waals surface area contributed by atoms with Gasteiger partial charge in [0.1, 0.15) is 0 Å². The molecule has 1 saturated heterocycles. The fraction of sp³-hybridized carbons (Fsp3) is 0.385. The molecule has 2 heterocycles. The largest absolute Gasteiger partial charge is 0.378 e. The highest BCUT2D eigenvalue weighted by Gasteiger charge is 2.22. The summed E-state index contributed by atoms with van der Waals surface area (Å²) in [6.07, 6.45) is 2.03. The topological polar surface area (TPSA) is 60.2 Å². The number of hydrogen-bond donors (Lipinski definition) is 1. The van der Waals surface area contributed by atoms with E-state index in [0.717, 1.165) is 23.6 Å². The van der Waals surface area contributed by atoms with E-state index in [9.17, 15) is 0 Å². The van der Waals surface area contributed by atoms with Gasteiger partial charge in [-0.25, -0.2) is 0 Å². The zero-order valence-electron chi connectivity index (χ0n) is 10.6. The van der Waals surface area contributed by atoms with Gasteiger partial charge in [0.05, 0.1) is 24.8 Å². The van der Waals surface area contributed by atoms with Gasteiger partial charge in [-0.2, -0.15) is 4.98 Å². The number of hydrogen-bond acceptors (Lipinski definition) is 6. The van der Waals surface area contributed by atoms with Crippen LogP contribution in [-0.4, -0.2) is 36.2 Å². The molecule has 1 atom stereocenters. The van der Waals surface area contributed by atoms with Crippen molar-refractivity contribution in [2.45, 2.75) is 10.9 Å². The van der Waals surface area contributed by atoms with E-state index in [4.69, 9.17) is 9.26 Å². The fourth-order valence-electron chi connectivity index (χ4n) is 2.04. The molecular weight excluding hydrogens is 262 g/mol. The minimum atomic E-state index is 0.0210. The number of nitrogens with zero attached hydrogens (tertiary/aromatic N) is 2. The Morgan fingerprint density at radius 3 is 3.05 bits per heavy atom. The van der Waals surface area contributed by atoms with Crippen LogP contribution in [0, 0.1) is 0 Å². The third-order valence-electron chi connectivity index (χ3n) is 3.01. The number of thioether (sulfide) groups is 1. The van der Waals surface area contributed by atoms with Crippen LogP contribution in [0.25, 0.3) is 11.5 Å². The molecule has 19 heavy (non-hydrogen) atoms. The zero-order chi connectivity index (χ0) is 13.1. The Bertz CT molecular complexity index is 552. The van der Waals surface area contributed by atoms with E-state index < -0.39 is 0 Å². The second kappa shape index (κ2) is 5.73. The first-order chi connectivity index (χ1) is 9.38. The van der Waals surface area contributed by atoms with Gasteiger partial charge >= 0.3 is 0 Å². The lowest BCUT2D eigenvalue weighted by molar-refractivity contribution is 0.0734. The minimum Gasteiger partial charge on any atom is -0.378 e. The van der Waals surface area contributed by atoms with Gasteiger partial charge < -0.3 is 14.6 Å². The van der Waals surface area contributed by atoms with Gasteiger partial charge in [0.15, 0.2) is 5.82 Å². The van der Waals surface area contributed by atoms with Crippen molar-refractivity contribution >= 4 is 11.8 Å². The summed E-state index contributed by atoms with van der Waals surface area (Å²) in [5, 5.41) is 7.37. The van der Waals surface area contributed by atoms with Gasteiger partial charge in [0, 0.05) is 11.4 Å². The molecule has 100 valence electrons. The van der Waals surface area contributed by atoms with Gasteiger partial charge in [0.2, 0.25) is 0 Å². The molecule has 6 heteroatoms. The van der Waals surface area contributed by atoms with Crippen molar-refractivity contribution in [3.05, 3.63) is 30.1 Å². The molecule has 1 N–H and O–H groups in total. The quantitative estimate of drug-likeness (QED) is 0.867. The summed E-state index contributed by atoms with van der Waals surface area (Å²) >= 11 is 1.67. The molecule has 0 bridgehead atoms. The molecule has 5 nitrogen and oxygen atoms in total. The van der Waals surface area contributed by atoms with Crippen LogP contribution in [0.15, 0.2) is 33.7 Å². The smallest absolute Gasteiger partial charge is 0.259 e. The molecule has 3 rings (SSSR count). The average Bonchev–Trinajstić information content (AvgIpc) is 2.98. The molecule has 1 fully saturated rings. The second-order valence-electron chi connectivity index (χ2n) is 4.24. The standard InChI is InChI=1S/C13H15N3O2S/c1-19-11-5-3-2-4-9(11)13-15-12(16-18-13)10-8-17-7-6-14-10/h2-5,10,14H,6-8H2,1H3. The lowest BCUT2D eigenvalue weighted by atomic mass is 10.2. The average molecular weight is 277 g/mol. The second-order valence-corrected chi connectivity index (χ2v) is 5.09. The van der Waals surface area contributed by atoms with Crippen LogP contribution in [0.3, 0.4) is 0 Å². The molecule has 1 aliphatic rings. The lowest BCUT2D eigenvalue weighted by Crippen LogP contribution is -2.35. The Balaban J connectivity index is 1.88. The molecule has 0 spiro atoms. The summed E-state index contributed by atoms with van der Waals surface area (Å²) in [7, 11) is 0. The number of morpholine rings is 1. The maximum absolute atomic E-state index is 5.41. The number of ether oxygens (including phenoxy) is 1. The van der Waals surface area contributed by atoms with Crippen LogP contribution < -0.4 is 5.32 Å². The van der Waals surface area contributed by atoms with Crippen molar-refractivity contribution in [3.63, 3.8) is 0 Å². The minimum absolute atomic E-state index is 0.0210. The van der Waals surface area contributed by atoms with Crippen molar-refractivity contribution in [2.24, 2.45) is 0 Å². The summed E-state index contributed by atoms with van der Waals surface area (Å²) < 4.78 is 10.8. The Morgan fingerprint density at radius 1 is 1.37 bits per heavy atom. The van der Waals surface area contributed by atoms with Crippen molar-refractivity contribution < 1.29 is 9.26 Å². The van der Waals surface area contributed by atoms with Crippen molar-refractivity contribution in [3.8, 4) is 11.5 Å². The molecule has 0 aliphatic carbocycles. The lowest BCUT2D eigenvalue weighted by Gasteiger charge is -2.20. The zero-order valence-corrected chi connectivity index (χ0v) is 11.4. The molecule has 1 aromatic heterocycles. The summed E-state index contributed by atoms with van der Waals surface area (Å²) in [5.74, 6) is 1.22. The first-order valence-corrected chi connectivity index (χ1v) is 7.39. The SMILES string of the molecule is CSc1ccccc1-c1nc(C2COCCN2)no1. The highest BCUT2D eigenvalue weighted by atomic mass is 32.2. The van der Waals surface area contributed by atoms with Crippen LogP contribution >= 0.6 is 11.8 Å². The maximum atomic E-state index is 5.41. The fourth-order valence-corrected chi connectivity index (χ4v) is 2.63. The summed E-state index contributed by atoms with van der Waals surface area (Å²) in [4.78, 5) is 5.61. The van der Waals surface area contributed by atoms with Crippen molar-refractivity contribution in [1.29, 1.82) is 0 Å². The third kappa shape index (κ3) is 2.65. The van der Waals surface area contributed by atoms with Crippen molar-refractivity contribution in [2.75, 3.05) is 26.0 Å². The summed E-state index contributed by atoms with van der Waals surface area (Å²) in [6, 6.07) is 8.04. The number of benzene rings is 1. The van der Waals surface area contributed by atoms with Gasteiger partial charge in [0.25, 0.3) is 5.89 Å². The van der Waals surface area contributed by atoms with E-state index in [-0.39, 0.29) is 6.04 Å². The molecule has 2 aromatic rings. The summed E-state index contributed by atoms with van der Waals surface area (Å²) in [6.45, 7) is 2.13. The Hall–Kier alpha value is -1.37. The summed E-state index contributed by atoms with van der Waals surface area (Å²) in [5.41, 5.74) is 0.977. The normalized spacial score (nSPS) is 19.5. The van der Waals surface area contributed by atoms with Gasteiger partial charge in [-0.15, -0.1) is 11.8 Å². The van der Waals surface area contributed by atoms with Gasteiger partial charge in [-0.1, -0.05) is 17.3 Å². The first-order valence-electron chi connectivity index (χ1n) is 6.16. The van der Waals surface area contributed by atoms with Gasteiger partial charge in [-0.3, -0.25) is 0 Å². The van der Waals surface area contributed by atoms with E-state index in [1.165, 1.54) is 0 Å². The van der Waals surface area contributed by atoms with Crippen LogP contribution in [0.1, 0.15) is 11.9 Å². The molecule has 1 aromatic carbocycles. The molecule has 0 saturated carbocycles. The first kappa shape index (κ1) is 12.7. The molecule has 0 amide bonds.